The van der Waals surface area contributed by atoms with Gasteiger partial charge < -0.3 is 14.8 Å². The number of benzene rings is 2. The molecule has 0 radical (unpaired) electrons. The lowest BCUT2D eigenvalue weighted by molar-refractivity contribution is 0.171. The van der Waals surface area contributed by atoms with Crippen LogP contribution < -0.4 is 14.8 Å². The van der Waals surface area contributed by atoms with Gasteiger partial charge in [0.25, 0.3) is 0 Å². The van der Waals surface area contributed by atoms with Gasteiger partial charge in [0.1, 0.15) is 13.2 Å². The van der Waals surface area contributed by atoms with Crippen molar-refractivity contribution >= 4 is 11.6 Å². The van der Waals surface area contributed by atoms with Crippen LogP contribution in [0.2, 0.25) is 5.02 Å². The molecule has 4 heteroatoms. The SMILES string of the molecule is CC(NCc1cccc(Cl)c1)c1ccc2c(c1)OCCO2. The maximum atomic E-state index is 6.00. The van der Waals surface area contributed by atoms with Crippen molar-refractivity contribution in [1.82, 2.24) is 5.32 Å². The molecule has 0 saturated heterocycles. The van der Waals surface area contributed by atoms with Crippen LogP contribution in [-0.2, 0) is 6.54 Å². The van der Waals surface area contributed by atoms with Crippen LogP contribution in [0.4, 0.5) is 0 Å². The topological polar surface area (TPSA) is 30.5 Å². The number of hydrogen-bond acceptors (Lipinski definition) is 3. The Kier molecular flexibility index (Phi) is 4.32. The summed E-state index contributed by atoms with van der Waals surface area (Å²) in [4.78, 5) is 0. The Labute approximate surface area is 129 Å². The number of ether oxygens (including phenoxy) is 2. The van der Waals surface area contributed by atoms with Crippen LogP contribution in [0.1, 0.15) is 24.1 Å². The van der Waals surface area contributed by atoms with Gasteiger partial charge in [0.15, 0.2) is 11.5 Å². The maximum absolute atomic E-state index is 6.00. The Hall–Kier alpha value is -1.71. The van der Waals surface area contributed by atoms with Crippen LogP contribution in [0.25, 0.3) is 0 Å². The second kappa shape index (κ2) is 6.37. The van der Waals surface area contributed by atoms with Gasteiger partial charge in [-0.05, 0) is 42.3 Å². The molecule has 2 aromatic carbocycles. The minimum atomic E-state index is 0.222. The number of hydrogen-bond donors (Lipinski definition) is 1. The molecule has 0 aromatic heterocycles. The summed E-state index contributed by atoms with van der Waals surface area (Å²) in [7, 11) is 0. The van der Waals surface area contributed by atoms with E-state index >= 15 is 0 Å². The number of rotatable bonds is 4. The van der Waals surface area contributed by atoms with Crippen LogP contribution in [0.5, 0.6) is 11.5 Å². The third-order valence-corrected chi connectivity index (χ3v) is 3.80. The van der Waals surface area contributed by atoms with E-state index in [0.29, 0.717) is 13.2 Å². The van der Waals surface area contributed by atoms with Crippen molar-refractivity contribution in [3.8, 4) is 11.5 Å². The van der Waals surface area contributed by atoms with Crippen molar-refractivity contribution in [2.75, 3.05) is 13.2 Å². The van der Waals surface area contributed by atoms with Crippen molar-refractivity contribution in [3.63, 3.8) is 0 Å². The first-order valence-corrected chi connectivity index (χ1v) is 7.47. The van der Waals surface area contributed by atoms with Gasteiger partial charge in [0.05, 0.1) is 0 Å². The van der Waals surface area contributed by atoms with Gasteiger partial charge in [-0.25, -0.2) is 0 Å². The molecule has 0 bridgehead atoms. The zero-order valence-electron chi connectivity index (χ0n) is 11.9. The van der Waals surface area contributed by atoms with Gasteiger partial charge in [-0.3, -0.25) is 0 Å². The highest BCUT2D eigenvalue weighted by Gasteiger charge is 2.14. The van der Waals surface area contributed by atoms with Crippen molar-refractivity contribution in [1.29, 1.82) is 0 Å². The lowest BCUT2D eigenvalue weighted by Gasteiger charge is -2.21. The van der Waals surface area contributed by atoms with E-state index in [4.69, 9.17) is 21.1 Å². The molecule has 21 heavy (non-hydrogen) atoms. The van der Waals surface area contributed by atoms with Gasteiger partial charge >= 0.3 is 0 Å². The van der Waals surface area contributed by atoms with E-state index in [1.165, 1.54) is 11.1 Å². The van der Waals surface area contributed by atoms with Crippen molar-refractivity contribution < 1.29 is 9.47 Å². The fourth-order valence-corrected chi connectivity index (χ4v) is 2.58. The van der Waals surface area contributed by atoms with E-state index < -0.39 is 0 Å². The normalized spacial score (nSPS) is 14.8. The maximum Gasteiger partial charge on any atom is 0.161 e. The fraction of sp³-hybridized carbons (Fsp3) is 0.294. The molecule has 3 rings (SSSR count). The molecule has 0 saturated carbocycles. The smallest absolute Gasteiger partial charge is 0.161 e. The molecule has 0 spiro atoms. The zero-order chi connectivity index (χ0) is 14.7. The summed E-state index contributed by atoms with van der Waals surface area (Å²) in [5.74, 6) is 1.65. The molecule has 1 aliphatic rings. The van der Waals surface area contributed by atoms with Crippen LogP contribution >= 0.6 is 11.6 Å². The Morgan fingerprint density at radius 1 is 1.10 bits per heavy atom. The molecule has 1 N–H and O–H groups in total. The van der Waals surface area contributed by atoms with Crippen LogP contribution in [-0.4, -0.2) is 13.2 Å². The second-order valence-electron chi connectivity index (χ2n) is 5.14. The van der Waals surface area contributed by atoms with Crippen molar-refractivity contribution in [3.05, 3.63) is 58.6 Å². The first-order valence-electron chi connectivity index (χ1n) is 7.10. The lowest BCUT2D eigenvalue weighted by atomic mass is 10.1. The lowest BCUT2D eigenvalue weighted by Crippen LogP contribution is -2.19. The van der Waals surface area contributed by atoms with Crippen LogP contribution in [0.3, 0.4) is 0 Å². The molecule has 1 heterocycles. The molecule has 0 amide bonds. The van der Waals surface area contributed by atoms with Crippen molar-refractivity contribution in [2.45, 2.75) is 19.5 Å². The van der Waals surface area contributed by atoms with E-state index in [0.717, 1.165) is 23.1 Å². The highest BCUT2D eigenvalue weighted by molar-refractivity contribution is 6.30. The molecule has 110 valence electrons. The van der Waals surface area contributed by atoms with Gasteiger partial charge in [-0.2, -0.15) is 0 Å². The third-order valence-electron chi connectivity index (χ3n) is 3.57. The van der Waals surface area contributed by atoms with E-state index in [1.54, 1.807) is 0 Å². The molecule has 3 nitrogen and oxygen atoms in total. The molecule has 1 atom stereocenters. The van der Waals surface area contributed by atoms with E-state index in [2.05, 4.69) is 24.4 Å². The molecule has 2 aromatic rings. The largest absolute Gasteiger partial charge is 0.486 e. The highest BCUT2D eigenvalue weighted by atomic mass is 35.5. The highest BCUT2D eigenvalue weighted by Crippen LogP contribution is 2.32. The first kappa shape index (κ1) is 14.2. The summed E-state index contributed by atoms with van der Waals surface area (Å²) >= 11 is 6.00. The molecule has 0 fully saturated rings. The number of fused-ring (bicyclic) bond motifs is 1. The molecule has 1 aliphatic heterocycles. The average Bonchev–Trinajstić information content (AvgIpc) is 2.52. The van der Waals surface area contributed by atoms with E-state index in [1.807, 2.05) is 30.3 Å². The summed E-state index contributed by atoms with van der Waals surface area (Å²) in [5.41, 5.74) is 2.35. The summed E-state index contributed by atoms with van der Waals surface area (Å²) in [6, 6.07) is 14.2. The van der Waals surface area contributed by atoms with Gasteiger partial charge in [0.2, 0.25) is 0 Å². The minimum Gasteiger partial charge on any atom is -0.486 e. The zero-order valence-corrected chi connectivity index (χ0v) is 12.7. The van der Waals surface area contributed by atoms with Crippen molar-refractivity contribution in [2.24, 2.45) is 0 Å². The second-order valence-corrected chi connectivity index (χ2v) is 5.57. The Bertz CT molecular complexity index is 630. The third kappa shape index (κ3) is 3.49. The Balaban J connectivity index is 1.66. The Morgan fingerprint density at radius 3 is 2.71 bits per heavy atom. The molecule has 0 aliphatic carbocycles. The summed E-state index contributed by atoms with van der Waals surface area (Å²) in [6.07, 6.45) is 0. The number of halogens is 1. The van der Waals surface area contributed by atoms with Gasteiger partial charge in [-0.15, -0.1) is 0 Å². The molecular weight excluding hydrogens is 286 g/mol. The number of nitrogens with one attached hydrogen (secondary N) is 1. The summed E-state index contributed by atoms with van der Waals surface area (Å²) < 4.78 is 11.2. The average molecular weight is 304 g/mol. The summed E-state index contributed by atoms with van der Waals surface area (Å²) in [6.45, 7) is 4.14. The van der Waals surface area contributed by atoms with Gasteiger partial charge in [-0.1, -0.05) is 29.8 Å². The first-order chi connectivity index (χ1) is 10.2. The predicted molar refractivity (Wildman–Crippen MR) is 84.1 cm³/mol. The summed E-state index contributed by atoms with van der Waals surface area (Å²) in [5, 5.41) is 4.26. The van der Waals surface area contributed by atoms with Crippen LogP contribution in [0, 0.1) is 0 Å². The molecule has 1 unspecified atom stereocenters. The van der Waals surface area contributed by atoms with Crippen LogP contribution in [0.15, 0.2) is 42.5 Å². The standard InChI is InChI=1S/C17H18ClNO2/c1-12(19-11-13-3-2-4-15(18)9-13)14-5-6-16-17(10-14)21-8-7-20-16/h2-6,9-10,12,19H,7-8,11H2,1H3. The van der Waals surface area contributed by atoms with Gasteiger partial charge in [0, 0.05) is 17.6 Å². The Morgan fingerprint density at radius 2 is 1.90 bits per heavy atom. The minimum absolute atomic E-state index is 0.222. The molecular formula is C17H18ClNO2. The van der Waals surface area contributed by atoms with E-state index in [-0.39, 0.29) is 6.04 Å². The fourth-order valence-electron chi connectivity index (χ4n) is 2.37. The predicted octanol–water partition coefficient (Wildman–Crippen LogP) is 3.96. The quantitative estimate of drug-likeness (QED) is 0.927. The van der Waals surface area contributed by atoms with E-state index in [9.17, 15) is 0 Å². The monoisotopic (exact) mass is 303 g/mol.